The third-order valence-electron chi connectivity index (χ3n) is 10.5. The van der Waals surface area contributed by atoms with Gasteiger partial charge in [0.1, 0.15) is 31.3 Å². The van der Waals surface area contributed by atoms with E-state index < -0.39 is 23.8 Å². The molecular formula is C41H55N3O8. The van der Waals surface area contributed by atoms with E-state index in [-0.39, 0.29) is 44.2 Å². The molecule has 2 aliphatic carbocycles. The van der Waals surface area contributed by atoms with E-state index in [1.807, 2.05) is 37.3 Å². The molecule has 1 aliphatic heterocycles. The number of likely N-dealkylation sites (N-methyl/N-ethyl adjacent to an activating group) is 1. The van der Waals surface area contributed by atoms with E-state index in [0.29, 0.717) is 43.8 Å². The van der Waals surface area contributed by atoms with Crippen molar-refractivity contribution in [2.24, 2.45) is 22.9 Å². The Labute approximate surface area is 307 Å². The first kappa shape index (κ1) is 39.0. The van der Waals surface area contributed by atoms with Crippen LogP contribution in [0.15, 0.2) is 78.5 Å². The first-order chi connectivity index (χ1) is 25.3. The number of aryl methyl sites for hydroxylation is 1. The van der Waals surface area contributed by atoms with Crippen LogP contribution in [-0.4, -0.2) is 84.3 Å². The number of ether oxygens (including phenoxy) is 4. The van der Waals surface area contributed by atoms with Crippen LogP contribution in [0.3, 0.4) is 0 Å². The molecule has 6 atom stereocenters. The Bertz CT molecular complexity index is 1590. The second-order valence-electron chi connectivity index (χ2n) is 13.8. The van der Waals surface area contributed by atoms with Gasteiger partial charge in [0, 0.05) is 43.9 Å². The smallest absolute Gasteiger partial charge is 0.409 e. The van der Waals surface area contributed by atoms with Crippen LogP contribution in [0.4, 0.5) is 4.79 Å². The zero-order valence-electron chi connectivity index (χ0n) is 30.9. The number of fused-ring (bicyclic) bond motifs is 2. The van der Waals surface area contributed by atoms with Crippen LogP contribution >= 0.6 is 0 Å². The minimum absolute atomic E-state index is 0.106. The number of aliphatic hydroxyl groups is 2. The van der Waals surface area contributed by atoms with Crippen molar-refractivity contribution in [2.45, 2.75) is 82.6 Å². The average Bonchev–Trinajstić information content (AvgIpc) is 3.14. The first-order valence-electron chi connectivity index (χ1n) is 18.5. The summed E-state index contributed by atoms with van der Waals surface area (Å²) in [5.41, 5.74) is 4.42. The highest BCUT2D eigenvalue weighted by Gasteiger charge is 2.65. The minimum Gasteiger partial charge on any atom is -0.487 e. The Balaban J connectivity index is 1.68. The normalized spacial score (nSPS) is 25.2. The molecule has 282 valence electrons. The van der Waals surface area contributed by atoms with Crippen molar-refractivity contribution in [1.29, 1.82) is 0 Å². The van der Waals surface area contributed by atoms with Crippen molar-refractivity contribution >= 4 is 11.8 Å². The number of aliphatic hydroxyl groups excluding tert-OH is 2. The van der Waals surface area contributed by atoms with Gasteiger partial charge < -0.3 is 38.9 Å². The Hall–Kier alpha value is -4.19. The fraction of sp³-hybridized carbons (Fsp3) is 0.537. The number of amides is 1. The van der Waals surface area contributed by atoms with Crippen LogP contribution in [0.25, 0.3) is 0 Å². The number of aromatic nitrogens is 1. The molecule has 0 radical (unpaired) electrons. The Morgan fingerprint density at radius 2 is 1.90 bits per heavy atom. The Morgan fingerprint density at radius 1 is 1.12 bits per heavy atom. The molecule has 11 nitrogen and oxygen atoms in total. The maximum absolute atomic E-state index is 13.6. The fourth-order valence-corrected chi connectivity index (χ4v) is 8.22. The lowest BCUT2D eigenvalue weighted by Crippen LogP contribution is -2.69. The number of rotatable bonds is 19. The summed E-state index contributed by atoms with van der Waals surface area (Å²) in [6, 6.07) is 11.1. The maximum atomic E-state index is 13.6. The van der Waals surface area contributed by atoms with Crippen molar-refractivity contribution < 1.29 is 38.8 Å². The summed E-state index contributed by atoms with van der Waals surface area (Å²) in [6.07, 6.45) is 10.8. The molecule has 6 unspecified atom stereocenters. The number of carbonyl (C=O) groups is 1. The second-order valence-corrected chi connectivity index (χ2v) is 13.8. The molecule has 1 aromatic carbocycles. The van der Waals surface area contributed by atoms with Gasteiger partial charge in [-0.25, -0.2) is 4.79 Å². The Morgan fingerprint density at radius 3 is 2.62 bits per heavy atom. The molecule has 2 heterocycles. The first-order valence-corrected chi connectivity index (χ1v) is 18.5. The van der Waals surface area contributed by atoms with E-state index in [2.05, 4.69) is 35.4 Å². The molecule has 1 saturated carbocycles. The quantitative estimate of drug-likeness (QED) is 0.0907. The van der Waals surface area contributed by atoms with Crippen LogP contribution in [-0.2, 0) is 20.9 Å². The summed E-state index contributed by atoms with van der Waals surface area (Å²) < 4.78 is 26.0. The molecule has 0 saturated heterocycles. The van der Waals surface area contributed by atoms with E-state index in [1.165, 1.54) is 7.11 Å². The number of unbranched alkanes of at least 4 members (excludes halogenated alkanes) is 2. The molecule has 2 aromatic rings. The van der Waals surface area contributed by atoms with Gasteiger partial charge in [0.15, 0.2) is 0 Å². The van der Waals surface area contributed by atoms with Crippen molar-refractivity contribution in [3.8, 4) is 11.5 Å². The number of carbonyl (C=O) groups excluding carboxylic acids is 1. The lowest BCUT2D eigenvalue weighted by atomic mass is 9.55. The number of hydrogen-bond acceptors (Lipinski definition) is 10. The fourth-order valence-electron chi connectivity index (χ4n) is 8.22. The van der Waals surface area contributed by atoms with Gasteiger partial charge in [-0.2, -0.15) is 0 Å². The Kier molecular flexibility index (Phi) is 13.9. The topological polar surface area (TPSA) is 132 Å². The SMILES string of the molecule is C=CCCOC(=O)N(C)C1CC(=NOC)C2=CC(CCCCO)C(CCCCO)C3c4cc(OCc5cccc(C)n5)ccc4OC1(OCC=C)C23. The van der Waals surface area contributed by atoms with Gasteiger partial charge in [0.25, 0.3) is 0 Å². The summed E-state index contributed by atoms with van der Waals surface area (Å²) in [5.74, 6) is -0.316. The van der Waals surface area contributed by atoms with E-state index >= 15 is 0 Å². The predicted molar refractivity (Wildman–Crippen MR) is 199 cm³/mol. The molecule has 2 N–H and O–H groups in total. The third kappa shape index (κ3) is 8.54. The number of hydrogen-bond donors (Lipinski definition) is 2. The molecule has 0 bridgehead atoms. The monoisotopic (exact) mass is 717 g/mol. The molecule has 3 aliphatic rings. The average molecular weight is 718 g/mol. The van der Waals surface area contributed by atoms with Gasteiger partial charge in [-0.1, -0.05) is 42.3 Å². The minimum atomic E-state index is -1.34. The maximum Gasteiger partial charge on any atom is 0.409 e. The third-order valence-corrected chi connectivity index (χ3v) is 10.5. The summed E-state index contributed by atoms with van der Waals surface area (Å²) >= 11 is 0. The summed E-state index contributed by atoms with van der Waals surface area (Å²) in [7, 11) is 3.24. The van der Waals surface area contributed by atoms with Gasteiger partial charge in [-0.3, -0.25) is 4.98 Å². The molecule has 1 amide bonds. The van der Waals surface area contributed by atoms with E-state index in [4.69, 9.17) is 23.8 Å². The van der Waals surface area contributed by atoms with Crippen LogP contribution in [0, 0.1) is 24.7 Å². The van der Waals surface area contributed by atoms with Crippen molar-refractivity contribution in [2.75, 3.05) is 40.6 Å². The van der Waals surface area contributed by atoms with Crippen LogP contribution in [0.2, 0.25) is 0 Å². The lowest BCUT2D eigenvalue weighted by Gasteiger charge is -2.59. The van der Waals surface area contributed by atoms with Crippen LogP contribution < -0.4 is 9.47 Å². The largest absolute Gasteiger partial charge is 0.487 e. The van der Waals surface area contributed by atoms with Gasteiger partial charge >= 0.3 is 6.09 Å². The van der Waals surface area contributed by atoms with Gasteiger partial charge in [0.05, 0.1) is 30.5 Å². The number of oxime groups is 1. The van der Waals surface area contributed by atoms with Crippen molar-refractivity contribution in [3.05, 3.63) is 90.3 Å². The molecule has 52 heavy (non-hydrogen) atoms. The van der Waals surface area contributed by atoms with Crippen LogP contribution in [0.5, 0.6) is 11.5 Å². The molecule has 5 rings (SSSR count). The number of benzene rings is 1. The van der Waals surface area contributed by atoms with E-state index in [0.717, 1.165) is 53.9 Å². The van der Waals surface area contributed by atoms with Crippen LogP contribution in [0.1, 0.15) is 74.2 Å². The van der Waals surface area contributed by atoms with E-state index in [9.17, 15) is 15.0 Å². The molecular weight excluding hydrogens is 662 g/mol. The summed E-state index contributed by atoms with van der Waals surface area (Å²) in [4.78, 5) is 25.3. The van der Waals surface area contributed by atoms with Gasteiger partial charge in [-0.15, -0.1) is 13.2 Å². The standard InChI is InChI=1S/C41H55N3O8/c1-6-8-23-49-40(47)44(4)37-26-35(43-48-5)33-24-29(15-9-11-20-45)32(17-10-12-21-46)38-34-25-31(50-27-30-16-13-14-28(3)42-30)18-19-36(34)52-41(37,39(33)38)51-22-7-2/h6-7,13-14,16,18-19,24-25,29,32,37-39,45-46H,1-2,8-12,15,17,20-23,26-27H2,3-5H3. The number of allylic oxidation sites excluding steroid dienone is 1. The van der Waals surface area contributed by atoms with Crippen molar-refractivity contribution in [1.82, 2.24) is 9.88 Å². The zero-order chi connectivity index (χ0) is 37.1. The number of pyridine rings is 1. The van der Waals surface area contributed by atoms with Gasteiger partial charge in [0.2, 0.25) is 5.79 Å². The zero-order valence-corrected chi connectivity index (χ0v) is 30.9. The predicted octanol–water partition coefficient (Wildman–Crippen LogP) is 6.88. The molecule has 1 aromatic heterocycles. The number of nitrogens with zero attached hydrogens (tertiary/aromatic N) is 3. The van der Waals surface area contributed by atoms with Gasteiger partial charge in [-0.05, 0) is 86.8 Å². The molecule has 1 fully saturated rings. The summed E-state index contributed by atoms with van der Waals surface area (Å²) in [6.45, 7) is 10.6. The second kappa shape index (κ2) is 18.5. The highest BCUT2D eigenvalue weighted by molar-refractivity contribution is 6.02. The van der Waals surface area contributed by atoms with E-state index in [1.54, 1.807) is 24.1 Å². The van der Waals surface area contributed by atoms with Crippen molar-refractivity contribution in [3.63, 3.8) is 0 Å². The molecule has 0 spiro atoms. The molecule has 11 heteroatoms. The lowest BCUT2D eigenvalue weighted by molar-refractivity contribution is -0.253. The highest BCUT2D eigenvalue weighted by atomic mass is 16.7. The summed E-state index contributed by atoms with van der Waals surface area (Å²) in [5, 5.41) is 24.1. The highest BCUT2D eigenvalue weighted by Crippen LogP contribution is 2.61.